The van der Waals surface area contributed by atoms with E-state index < -0.39 is 7.26 Å². The van der Waals surface area contributed by atoms with Crippen LogP contribution in [0.4, 0.5) is 0 Å². The predicted molar refractivity (Wildman–Crippen MR) is 87.1 cm³/mol. The van der Waals surface area contributed by atoms with Gasteiger partial charge in [-0.15, -0.1) is 0 Å². The molecule has 0 fully saturated rings. The minimum atomic E-state index is -1.54. The fourth-order valence-corrected chi connectivity index (χ4v) is 6.36. The molecule has 0 aromatic heterocycles. The van der Waals surface area contributed by atoms with E-state index in [9.17, 15) is 0 Å². The van der Waals surface area contributed by atoms with Crippen molar-refractivity contribution >= 4 is 7.26 Å². The molecule has 0 aliphatic rings. The van der Waals surface area contributed by atoms with E-state index in [0.717, 1.165) is 30.2 Å². The molecule has 1 aromatic carbocycles. The molecule has 4 nitrogen and oxygen atoms in total. The van der Waals surface area contributed by atoms with Gasteiger partial charge in [0.1, 0.15) is 0 Å². The molecule has 0 aliphatic carbocycles. The molecular weight excluding hydrogens is 327 g/mol. The standard InChI is InChI=1S/C17H18N4P.ClH/c18-8-1-11-22(12-2-9-19,13-3-10-20)15-17-6-4-16(14-21)5-7-17;/h4-7H,1-3,11-13,15H2;1H/q+1;/p-1. The summed E-state index contributed by atoms with van der Waals surface area (Å²) in [5, 5.41) is 35.6. The van der Waals surface area contributed by atoms with Gasteiger partial charge in [0.05, 0.1) is 73.8 Å². The van der Waals surface area contributed by atoms with E-state index in [4.69, 9.17) is 21.0 Å². The van der Waals surface area contributed by atoms with Crippen molar-refractivity contribution in [3.05, 3.63) is 35.4 Å². The Morgan fingerprint density at radius 2 is 1.17 bits per heavy atom. The highest BCUT2D eigenvalue weighted by molar-refractivity contribution is 7.75. The lowest BCUT2D eigenvalue weighted by molar-refractivity contribution is -0.00000564. The Kier molecular flexibility index (Phi) is 10.4. The van der Waals surface area contributed by atoms with Gasteiger partial charge in [-0.05, 0) is 17.7 Å². The summed E-state index contributed by atoms with van der Waals surface area (Å²) in [7, 11) is -1.54. The molecule has 0 unspecified atom stereocenters. The molecule has 118 valence electrons. The van der Waals surface area contributed by atoms with Crippen molar-refractivity contribution < 1.29 is 12.4 Å². The number of benzene rings is 1. The van der Waals surface area contributed by atoms with E-state index >= 15 is 0 Å². The zero-order chi connectivity index (χ0) is 16.3. The normalized spacial score (nSPS) is 9.57. The third-order valence-corrected chi connectivity index (χ3v) is 8.25. The molecule has 1 aromatic rings. The summed E-state index contributed by atoms with van der Waals surface area (Å²) in [6, 6.07) is 16.2. The molecule has 0 bridgehead atoms. The second kappa shape index (κ2) is 11.5. The van der Waals surface area contributed by atoms with Gasteiger partial charge >= 0.3 is 0 Å². The first-order valence-electron chi connectivity index (χ1n) is 7.14. The first-order chi connectivity index (χ1) is 10.7. The van der Waals surface area contributed by atoms with Crippen molar-refractivity contribution in [2.24, 2.45) is 0 Å². The maximum atomic E-state index is 8.92. The van der Waals surface area contributed by atoms with Gasteiger partial charge in [0.2, 0.25) is 0 Å². The van der Waals surface area contributed by atoms with Crippen molar-refractivity contribution in [3.63, 3.8) is 0 Å². The fourth-order valence-electron chi connectivity index (χ4n) is 2.51. The molecular formula is C17H18ClN4P. The monoisotopic (exact) mass is 344 g/mol. The van der Waals surface area contributed by atoms with Gasteiger partial charge in [0.15, 0.2) is 0 Å². The second-order valence-electron chi connectivity index (χ2n) is 5.20. The number of hydrogen-bond donors (Lipinski definition) is 0. The van der Waals surface area contributed by atoms with Crippen LogP contribution in [0.1, 0.15) is 30.4 Å². The maximum Gasteiger partial charge on any atom is 0.0991 e. The van der Waals surface area contributed by atoms with E-state index in [1.807, 2.05) is 12.1 Å². The Morgan fingerprint density at radius 3 is 1.52 bits per heavy atom. The van der Waals surface area contributed by atoms with E-state index in [1.54, 1.807) is 12.1 Å². The number of rotatable bonds is 8. The fraction of sp³-hybridized carbons (Fsp3) is 0.412. The summed E-state index contributed by atoms with van der Waals surface area (Å²) in [5.74, 6) is 0. The van der Waals surface area contributed by atoms with Gasteiger partial charge in [-0.25, -0.2) is 0 Å². The molecule has 0 heterocycles. The molecule has 0 amide bonds. The van der Waals surface area contributed by atoms with Gasteiger partial charge < -0.3 is 12.4 Å². The first kappa shape index (κ1) is 20.9. The molecule has 0 N–H and O–H groups in total. The van der Waals surface area contributed by atoms with Crippen LogP contribution in [0, 0.1) is 45.3 Å². The zero-order valence-corrected chi connectivity index (χ0v) is 14.5. The Hall–Kier alpha value is -2.10. The van der Waals surface area contributed by atoms with Gasteiger partial charge in [-0.2, -0.15) is 21.0 Å². The highest BCUT2D eigenvalue weighted by Crippen LogP contribution is 2.62. The summed E-state index contributed by atoms with van der Waals surface area (Å²) in [5.41, 5.74) is 1.75. The van der Waals surface area contributed by atoms with Gasteiger partial charge in [0, 0.05) is 7.26 Å². The topological polar surface area (TPSA) is 95.2 Å². The second-order valence-corrected chi connectivity index (χ2v) is 9.54. The number of nitriles is 4. The van der Waals surface area contributed by atoms with E-state index in [0.29, 0.717) is 24.8 Å². The molecule has 0 atom stereocenters. The first-order valence-corrected chi connectivity index (χ1v) is 9.67. The van der Waals surface area contributed by atoms with Crippen molar-refractivity contribution in [2.45, 2.75) is 25.4 Å². The Bertz CT molecular complexity index is 598. The van der Waals surface area contributed by atoms with Crippen LogP contribution in [-0.2, 0) is 6.16 Å². The SMILES string of the molecule is N#CCC[P+](CCC#N)(CCC#N)Cc1ccc(C#N)cc1.[Cl-]. The molecule has 0 spiro atoms. The van der Waals surface area contributed by atoms with Crippen LogP contribution in [0.25, 0.3) is 0 Å². The van der Waals surface area contributed by atoms with Crippen LogP contribution in [0.2, 0.25) is 0 Å². The minimum absolute atomic E-state index is 0. The van der Waals surface area contributed by atoms with Gasteiger partial charge in [-0.1, -0.05) is 12.1 Å². The van der Waals surface area contributed by atoms with Crippen molar-refractivity contribution in [3.8, 4) is 24.3 Å². The van der Waals surface area contributed by atoms with Crippen LogP contribution in [-0.4, -0.2) is 18.5 Å². The lowest BCUT2D eigenvalue weighted by atomic mass is 10.2. The Balaban J connectivity index is 0.00000484. The van der Waals surface area contributed by atoms with Gasteiger partial charge in [0.25, 0.3) is 0 Å². The van der Waals surface area contributed by atoms with Crippen LogP contribution >= 0.6 is 7.26 Å². The Labute approximate surface area is 144 Å². The average Bonchev–Trinajstić information content (AvgIpc) is 2.56. The maximum absolute atomic E-state index is 8.92. The average molecular weight is 345 g/mol. The summed E-state index contributed by atoms with van der Waals surface area (Å²) >= 11 is 0. The summed E-state index contributed by atoms with van der Waals surface area (Å²) in [6.45, 7) is 0. The van der Waals surface area contributed by atoms with E-state index in [2.05, 4.69) is 24.3 Å². The van der Waals surface area contributed by atoms with Crippen LogP contribution < -0.4 is 12.4 Å². The number of hydrogen-bond acceptors (Lipinski definition) is 4. The minimum Gasteiger partial charge on any atom is -1.00 e. The summed E-state index contributed by atoms with van der Waals surface area (Å²) < 4.78 is 0. The third kappa shape index (κ3) is 7.13. The van der Waals surface area contributed by atoms with Crippen molar-refractivity contribution in [1.82, 2.24) is 0 Å². The quantitative estimate of drug-likeness (QED) is 0.652. The third-order valence-electron chi connectivity index (χ3n) is 3.69. The van der Waals surface area contributed by atoms with Crippen molar-refractivity contribution in [1.29, 1.82) is 21.0 Å². The molecule has 0 aliphatic heterocycles. The molecule has 23 heavy (non-hydrogen) atoms. The lowest BCUT2D eigenvalue weighted by Gasteiger charge is -2.25. The van der Waals surface area contributed by atoms with Crippen LogP contribution in [0.3, 0.4) is 0 Å². The highest BCUT2D eigenvalue weighted by Gasteiger charge is 2.36. The summed E-state index contributed by atoms with van der Waals surface area (Å²) in [6.07, 6.45) is 4.65. The molecule has 0 saturated carbocycles. The molecule has 6 heteroatoms. The predicted octanol–water partition coefficient (Wildman–Crippen LogP) is 0.821. The largest absolute Gasteiger partial charge is 1.00 e. The zero-order valence-electron chi connectivity index (χ0n) is 12.9. The smallest absolute Gasteiger partial charge is 0.0991 e. The number of halogens is 1. The van der Waals surface area contributed by atoms with E-state index in [-0.39, 0.29) is 12.4 Å². The molecule has 0 saturated heterocycles. The van der Waals surface area contributed by atoms with E-state index in [1.165, 1.54) is 0 Å². The lowest BCUT2D eigenvalue weighted by Crippen LogP contribution is -3.00. The van der Waals surface area contributed by atoms with Crippen LogP contribution in [0.5, 0.6) is 0 Å². The van der Waals surface area contributed by atoms with Gasteiger partial charge in [-0.3, -0.25) is 0 Å². The highest BCUT2D eigenvalue weighted by atomic mass is 35.5. The van der Waals surface area contributed by atoms with Crippen molar-refractivity contribution in [2.75, 3.05) is 18.5 Å². The Morgan fingerprint density at radius 1 is 0.739 bits per heavy atom. The molecule has 1 rings (SSSR count). The number of nitrogens with zero attached hydrogens (tertiary/aromatic N) is 4. The summed E-state index contributed by atoms with van der Waals surface area (Å²) in [4.78, 5) is 0. The van der Waals surface area contributed by atoms with Crippen LogP contribution in [0.15, 0.2) is 24.3 Å². The molecule has 0 radical (unpaired) electrons.